The van der Waals surface area contributed by atoms with Crippen molar-refractivity contribution in [3.63, 3.8) is 0 Å². The van der Waals surface area contributed by atoms with Crippen LogP contribution in [0.3, 0.4) is 0 Å². The Morgan fingerprint density at radius 2 is 1.97 bits per heavy atom. The fourth-order valence-electron chi connectivity index (χ4n) is 4.51. The zero-order valence-corrected chi connectivity index (χ0v) is 19.6. The van der Waals surface area contributed by atoms with Crippen molar-refractivity contribution < 1.29 is 9.59 Å². The van der Waals surface area contributed by atoms with Crippen LogP contribution in [0.25, 0.3) is 0 Å². The Morgan fingerprint density at radius 3 is 2.61 bits per heavy atom. The van der Waals surface area contributed by atoms with Gasteiger partial charge in [0.2, 0.25) is 0 Å². The fraction of sp³-hybridized carbons (Fsp3) is 0.440. The molecule has 8 nitrogen and oxygen atoms in total. The summed E-state index contributed by atoms with van der Waals surface area (Å²) in [6.45, 7) is 5.71. The highest BCUT2D eigenvalue weighted by Gasteiger charge is 2.32. The van der Waals surface area contributed by atoms with Gasteiger partial charge in [-0.1, -0.05) is 19.4 Å². The minimum atomic E-state index is -0.0377. The van der Waals surface area contributed by atoms with Gasteiger partial charge < -0.3 is 14.8 Å². The second-order valence-electron chi connectivity index (χ2n) is 8.72. The first kappa shape index (κ1) is 22.8. The highest BCUT2D eigenvalue weighted by atomic mass is 16.2. The molecule has 1 N–H and O–H groups in total. The number of nitrogens with one attached hydrogen (secondary N) is 1. The van der Waals surface area contributed by atoms with Crippen LogP contribution in [0.4, 0.5) is 0 Å². The first-order chi connectivity index (χ1) is 16.0. The molecule has 0 bridgehead atoms. The maximum absolute atomic E-state index is 13.7. The predicted octanol–water partition coefficient (Wildman–Crippen LogP) is 3.35. The molecule has 0 spiro atoms. The third kappa shape index (κ3) is 4.99. The number of hydrogen-bond acceptors (Lipinski definition) is 4. The van der Waals surface area contributed by atoms with Gasteiger partial charge in [-0.25, -0.2) is 0 Å². The van der Waals surface area contributed by atoms with E-state index in [1.807, 2.05) is 54.2 Å². The summed E-state index contributed by atoms with van der Waals surface area (Å²) in [6.07, 6.45) is 8.64. The van der Waals surface area contributed by atoms with Crippen LogP contribution in [-0.4, -0.2) is 60.5 Å². The van der Waals surface area contributed by atoms with Crippen LogP contribution in [0.1, 0.15) is 64.0 Å². The Morgan fingerprint density at radius 1 is 1.18 bits per heavy atom. The van der Waals surface area contributed by atoms with Gasteiger partial charge in [-0.05, 0) is 49.9 Å². The molecule has 1 fully saturated rings. The number of aromatic nitrogens is 4. The number of rotatable bonds is 7. The van der Waals surface area contributed by atoms with Crippen molar-refractivity contribution in [2.45, 2.75) is 52.1 Å². The van der Waals surface area contributed by atoms with Gasteiger partial charge in [0.05, 0.1) is 23.5 Å². The largest absolute Gasteiger partial charge is 0.367 e. The molecule has 4 heterocycles. The van der Waals surface area contributed by atoms with E-state index in [1.165, 1.54) is 0 Å². The molecule has 1 aliphatic heterocycles. The van der Waals surface area contributed by atoms with Crippen molar-refractivity contribution in [3.8, 4) is 0 Å². The Balaban J connectivity index is 1.52. The van der Waals surface area contributed by atoms with Crippen LogP contribution < -0.4 is 0 Å². The summed E-state index contributed by atoms with van der Waals surface area (Å²) < 4.78 is 1.69. The molecule has 0 aliphatic carbocycles. The number of H-pyrrole nitrogens is 1. The number of aryl methyl sites for hydroxylation is 3. The molecule has 8 heteroatoms. The molecule has 0 saturated carbocycles. The molecule has 0 aromatic carbocycles. The lowest BCUT2D eigenvalue weighted by atomic mass is 10.0. The van der Waals surface area contributed by atoms with E-state index in [0.29, 0.717) is 30.9 Å². The van der Waals surface area contributed by atoms with Crippen LogP contribution >= 0.6 is 0 Å². The van der Waals surface area contributed by atoms with Gasteiger partial charge in [0.1, 0.15) is 5.69 Å². The number of hydrogen-bond donors (Lipinski definition) is 1. The number of carbonyl (C=O) groups is 2. The number of carbonyl (C=O) groups excluding carboxylic acids is 2. The summed E-state index contributed by atoms with van der Waals surface area (Å²) in [6, 6.07) is 7.69. The molecule has 3 aromatic rings. The maximum atomic E-state index is 13.7. The van der Waals surface area contributed by atoms with Crippen LogP contribution in [0.15, 0.2) is 42.9 Å². The molecule has 0 radical (unpaired) electrons. The molecule has 174 valence electrons. The normalized spacial score (nSPS) is 14.5. The van der Waals surface area contributed by atoms with Gasteiger partial charge in [0.25, 0.3) is 11.8 Å². The first-order valence-electron chi connectivity index (χ1n) is 11.6. The standard InChI is InChI=1S/C25H32N6O2/c1-4-7-19-14-23(29(3)28-19)25(33)31(17-20-8-5-6-11-27-20)21-9-12-30(13-10-21)24(32)22-16-26-15-18(22)2/h5-6,8,11,14-16,21,26H,4,7,9-10,12-13,17H2,1-3H3. The minimum Gasteiger partial charge on any atom is -0.367 e. The second kappa shape index (κ2) is 10.0. The lowest BCUT2D eigenvalue weighted by Crippen LogP contribution is -2.49. The third-order valence-electron chi connectivity index (χ3n) is 6.35. The number of pyridine rings is 1. The summed E-state index contributed by atoms with van der Waals surface area (Å²) in [5.41, 5.74) is 4.05. The molecule has 1 aliphatic rings. The molecular weight excluding hydrogens is 416 g/mol. The van der Waals surface area contributed by atoms with E-state index in [9.17, 15) is 9.59 Å². The van der Waals surface area contributed by atoms with Gasteiger partial charge in [-0.15, -0.1) is 0 Å². The lowest BCUT2D eigenvalue weighted by molar-refractivity contribution is 0.0491. The Labute approximate surface area is 194 Å². The van der Waals surface area contributed by atoms with Crippen LogP contribution in [0.2, 0.25) is 0 Å². The molecular formula is C25H32N6O2. The number of amides is 2. The van der Waals surface area contributed by atoms with Crippen molar-refractivity contribution in [2.24, 2.45) is 7.05 Å². The smallest absolute Gasteiger partial charge is 0.272 e. The van der Waals surface area contributed by atoms with Crippen LogP contribution in [0, 0.1) is 6.92 Å². The number of likely N-dealkylation sites (tertiary alicyclic amines) is 1. The van der Waals surface area contributed by atoms with Gasteiger partial charge in [0.15, 0.2) is 0 Å². The monoisotopic (exact) mass is 448 g/mol. The van der Waals surface area contributed by atoms with Gasteiger partial charge in [-0.2, -0.15) is 5.10 Å². The zero-order chi connectivity index (χ0) is 23.4. The number of aromatic amines is 1. The highest BCUT2D eigenvalue weighted by Crippen LogP contribution is 2.23. The summed E-state index contributed by atoms with van der Waals surface area (Å²) in [4.78, 5) is 37.9. The molecule has 1 saturated heterocycles. The quantitative estimate of drug-likeness (QED) is 0.600. The van der Waals surface area contributed by atoms with Gasteiger partial charge in [0, 0.05) is 44.8 Å². The van der Waals surface area contributed by atoms with Crippen molar-refractivity contribution in [3.05, 3.63) is 71.1 Å². The first-order valence-corrected chi connectivity index (χ1v) is 11.6. The van der Waals surface area contributed by atoms with Crippen LogP contribution in [-0.2, 0) is 20.0 Å². The average Bonchev–Trinajstić information content (AvgIpc) is 3.42. The Hall–Kier alpha value is -3.42. The predicted molar refractivity (Wildman–Crippen MR) is 126 cm³/mol. The van der Waals surface area contributed by atoms with Crippen molar-refractivity contribution in [2.75, 3.05) is 13.1 Å². The molecule has 4 rings (SSSR count). The second-order valence-corrected chi connectivity index (χ2v) is 8.72. The summed E-state index contributed by atoms with van der Waals surface area (Å²) in [7, 11) is 1.83. The minimum absolute atomic E-state index is 0.0282. The SMILES string of the molecule is CCCc1cc(C(=O)N(Cc2ccccn2)C2CCN(C(=O)c3c[nH]cc3C)CC2)n(C)n1. The molecule has 2 amide bonds. The van der Waals surface area contributed by atoms with Crippen LogP contribution in [0.5, 0.6) is 0 Å². The summed E-state index contributed by atoms with van der Waals surface area (Å²) >= 11 is 0. The third-order valence-corrected chi connectivity index (χ3v) is 6.35. The lowest BCUT2D eigenvalue weighted by Gasteiger charge is -2.38. The number of piperidine rings is 1. The van der Waals surface area contributed by atoms with Gasteiger partial charge in [-0.3, -0.25) is 19.3 Å². The zero-order valence-electron chi connectivity index (χ0n) is 19.6. The van der Waals surface area contributed by atoms with E-state index < -0.39 is 0 Å². The molecule has 0 atom stereocenters. The summed E-state index contributed by atoms with van der Waals surface area (Å²) in [5.74, 6) is 0.00917. The van der Waals surface area contributed by atoms with E-state index in [-0.39, 0.29) is 17.9 Å². The molecule has 0 unspecified atom stereocenters. The maximum Gasteiger partial charge on any atom is 0.272 e. The van der Waals surface area contributed by atoms with E-state index in [2.05, 4.69) is 22.0 Å². The van der Waals surface area contributed by atoms with Crippen molar-refractivity contribution >= 4 is 11.8 Å². The molecule has 33 heavy (non-hydrogen) atoms. The van der Waals surface area contributed by atoms with E-state index in [0.717, 1.165) is 42.6 Å². The van der Waals surface area contributed by atoms with Gasteiger partial charge >= 0.3 is 0 Å². The van der Waals surface area contributed by atoms with Crippen molar-refractivity contribution in [1.82, 2.24) is 29.5 Å². The van der Waals surface area contributed by atoms with E-state index in [4.69, 9.17) is 0 Å². The Kier molecular flexibility index (Phi) is 6.91. The highest BCUT2D eigenvalue weighted by molar-refractivity contribution is 5.95. The average molecular weight is 449 g/mol. The van der Waals surface area contributed by atoms with Crippen molar-refractivity contribution in [1.29, 1.82) is 0 Å². The van der Waals surface area contributed by atoms with E-state index in [1.54, 1.807) is 17.1 Å². The Bertz CT molecular complexity index is 1100. The topological polar surface area (TPSA) is 87.1 Å². The fourth-order valence-corrected chi connectivity index (χ4v) is 4.51. The summed E-state index contributed by atoms with van der Waals surface area (Å²) in [5, 5.41) is 4.53. The number of nitrogens with zero attached hydrogens (tertiary/aromatic N) is 5. The van der Waals surface area contributed by atoms with E-state index >= 15 is 0 Å². The molecule has 3 aromatic heterocycles.